The third-order valence-corrected chi connectivity index (χ3v) is 4.09. The van der Waals surface area contributed by atoms with E-state index in [1.165, 1.54) is 0 Å². The second-order valence-corrected chi connectivity index (χ2v) is 5.94. The van der Waals surface area contributed by atoms with E-state index in [0.717, 1.165) is 22.9 Å². The number of nitrogens with zero attached hydrogens (tertiary/aromatic N) is 1. The van der Waals surface area contributed by atoms with Gasteiger partial charge in [-0.25, -0.2) is 4.98 Å². The summed E-state index contributed by atoms with van der Waals surface area (Å²) in [5, 5.41) is 2.88. The van der Waals surface area contributed by atoms with E-state index in [4.69, 9.17) is 5.73 Å². The van der Waals surface area contributed by atoms with Crippen molar-refractivity contribution < 1.29 is 4.79 Å². The van der Waals surface area contributed by atoms with Gasteiger partial charge in [-0.15, -0.1) is 0 Å². The fourth-order valence-corrected chi connectivity index (χ4v) is 2.49. The van der Waals surface area contributed by atoms with Crippen molar-refractivity contribution in [2.75, 3.05) is 11.1 Å². The summed E-state index contributed by atoms with van der Waals surface area (Å²) in [5.41, 5.74) is 7.00. The second-order valence-electron chi connectivity index (χ2n) is 5.02. The average Bonchev–Trinajstić information content (AvgIpc) is 3.24. The van der Waals surface area contributed by atoms with Gasteiger partial charge in [-0.3, -0.25) is 4.79 Å². The molecule has 20 heavy (non-hydrogen) atoms. The van der Waals surface area contributed by atoms with Gasteiger partial charge >= 0.3 is 0 Å². The Bertz CT molecular complexity index is 633. The van der Waals surface area contributed by atoms with E-state index in [-0.39, 0.29) is 5.91 Å². The molecule has 1 saturated carbocycles. The van der Waals surface area contributed by atoms with Crippen molar-refractivity contribution in [1.29, 1.82) is 0 Å². The highest BCUT2D eigenvalue weighted by Gasteiger charge is 2.51. The highest BCUT2D eigenvalue weighted by molar-refractivity contribution is 9.10. The number of hydrogen-bond donors (Lipinski definition) is 2. The van der Waals surface area contributed by atoms with Crippen molar-refractivity contribution in [2.45, 2.75) is 18.3 Å². The molecule has 0 unspecified atom stereocenters. The summed E-state index contributed by atoms with van der Waals surface area (Å²) >= 11 is 3.32. The smallest absolute Gasteiger partial charge is 0.236 e. The minimum absolute atomic E-state index is 0.00269. The standard InChI is InChI=1S/C15H14BrN3O/c16-11-3-6-13(18-9-11)19-14(20)15(7-8-15)10-1-4-12(17)5-2-10/h1-6,9H,7-8,17H2,(H,18,19,20). The number of aromatic nitrogens is 1. The first-order valence-corrected chi connectivity index (χ1v) is 7.18. The first kappa shape index (κ1) is 13.1. The number of nitrogen functional groups attached to an aromatic ring is 1. The monoisotopic (exact) mass is 331 g/mol. The molecule has 0 radical (unpaired) electrons. The fourth-order valence-electron chi connectivity index (χ4n) is 2.26. The lowest BCUT2D eigenvalue weighted by Crippen LogP contribution is -2.28. The van der Waals surface area contributed by atoms with Gasteiger partial charge in [0.1, 0.15) is 5.82 Å². The fraction of sp³-hybridized carbons (Fsp3) is 0.200. The first-order valence-electron chi connectivity index (χ1n) is 6.39. The molecule has 0 atom stereocenters. The second kappa shape index (κ2) is 4.90. The van der Waals surface area contributed by atoms with Gasteiger partial charge in [-0.05, 0) is 58.6 Å². The van der Waals surface area contributed by atoms with Crippen molar-refractivity contribution in [3.05, 3.63) is 52.6 Å². The SMILES string of the molecule is Nc1ccc(C2(C(=O)Nc3ccc(Br)cn3)CC2)cc1. The van der Waals surface area contributed by atoms with Crippen LogP contribution in [-0.4, -0.2) is 10.9 Å². The third-order valence-electron chi connectivity index (χ3n) is 3.62. The van der Waals surface area contributed by atoms with Crippen LogP contribution in [0.5, 0.6) is 0 Å². The van der Waals surface area contributed by atoms with Crippen LogP contribution in [0.4, 0.5) is 11.5 Å². The Labute approximate surface area is 125 Å². The van der Waals surface area contributed by atoms with E-state index in [2.05, 4.69) is 26.2 Å². The number of benzene rings is 1. The van der Waals surface area contributed by atoms with E-state index in [1.807, 2.05) is 30.3 Å². The van der Waals surface area contributed by atoms with Gasteiger partial charge in [-0.1, -0.05) is 12.1 Å². The van der Waals surface area contributed by atoms with Gasteiger partial charge in [0.2, 0.25) is 5.91 Å². The Morgan fingerprint density at radius 3 is 2.45 bits per heavy atom. The van der Waals surface area contributed by atoms with Crippen molar-refractivity contribution in [3.63, 3.8) is 0 Å². The van der Waals surface area contributed by atoms with Gasteiger partial charge in [0.05, 0.1) is 5.41 Å². The van der Waals surface area contributed by atoms with Crippen LogP contribution in [-0.2, 0) is 10.2 Å². The zero-order chi connectivity index (χ0) is 14.2. The number of hydrogen-bond acceptors (Lipinski definition) is 3. The Morgan fingerprint density at radius 2 is 1.90 bits per heavy atom. The molecule has 5 heteroatoms. The molecule has 0 spiro atoms. The van der Waals surface area contributed by atoms with Gasteiger partial charge in [-0.2, -0.15) is 0 Å². The van der Waals surface area contributed by atoms with Gasteiger partial charge in [0.25, 0.3) is 0 Å². The Balaban J connectivity index is 1.79. The van der Waals surface area contributed by atoms with Gasteiger partial charge in [0.15, 0.2) is 0 Å². The molecule has 1 aromatic heterocycles. The quantitative estimate of drug-likeness (QED) is 0.849. The maximum Gasteiger partial charge on any atom is 0.236 e. The van der Waals surface area contributed by atoms with Gasteiger partial charge < -0.3 is 11.1 Å². The van der Waals surface area contributed by atoms with E-state index >= 15 is 0 Å². The van der Waals surface area contributed by atoms with Crippen molar-refractivity contribution in [1.82, 2.24) is 4.98 Å². The minimum Gasteiger partial charge on any atom is -0.399 e. The van der Waals surface area contributed by atoms with Crippen molar-refractivity contribution >= 4 is 33.3 Å². The molecule has 1 aliphatic carbocycles. The van der Waals surface area contributed by atoms with Crippen LogP contribution in [0.3, 0.4) is 0 Å². The highest BCUT2D eigenvalue weighted by Crippen LogP contribution is 2.49. The van der Waals surface area contributed by atoms with Crippen LogP contribution < -0.4 is 11.1 Å². The number of amides is 1. The number of rotatable bonds is 3. The van der Waals surface area contributed by atoms with E-state index in [1.54, 1.807) is 12.3 Å². The molecule has 1 fully saturated rings. The molecule has 1 aromatic carbocycles. The lowest BCUT2D eigenvalue weighted by atomic mass is 9.95. The molecule has 0 bridgehead atoms. The number of carbonyl (C=O) groups is 1. The molecule has 2 aromatic rings. The van der Waals surface area contributed by atoms with E-state index < -0.39 is 5.41 Å². The average molecular weight is 332 g/mol. The Kier molecular flexibility index (Phi) is 3.22. The molecule has 1 aliphatic rings. The molecule has 3 N–H and O–H groups in total. The number of anilines is 2. The molecule has 102 valence electrons. The number of pyridine rings is 1. The molecular formula is C15H14BrN3O. The van der Waals surface area contributed by atoms with Crippen LogP contribution in [0.2, 0.25) is 0 Å². The highest BCUT2D eigenvalue weighted by atomic mass is 79.9. The van der Waals surface area contributed by atoms with Gasteiger partial charge in [0, 0.05) is 16.4 Å². The normalized spacial score (nSPS) is 15.7. The van der Waals surface area contributed by atoms with Crippen LogP contribution in [0.25, 0.3) is 0 Å². The summed E-state index contributed by atoms with van der Waals surface area (Å²) in [7, 11) is 0. The molecule has 1 heterocycles. The largest absolute Gasteiger partial charge is 0.399 e. The van der Waals surface area contributed by atoms with E-state index in [0.29, 0.717) is 11.5 Å². The molecule has 0 saturated heterocycles. The van der Waals surface area contributed by atoms with E-state index in [9.17, 15) is 4.79 Å². The zero-order valence-corrected chi connectivity index (χ0v) is 12.4. The molecule has 0 aliphatic heterocycles. The maximum absolute atomic E-state index is 12.5. The van der Waals surface area contributed by atoms with Crippen LogP contribution in [0.1, 0.15) is 18.4 Å². The zero-order valence-electron chi connectivity index (χ0n) is 10.8. The Hall–Kier alpha value is -1.88. The van der Waals surface area contributed by atoms with Crippen LogP contribution in [0.15, 0.2) is 47.1 Å². The third kappa shape index (κ3) is 2.41. The lowest BCUT2D eigenvalue weighted by Gasteiger charge is -2.15. The molecular weight excluding hydrogens is 318 g/mol. The number of halogens is 1. The summed E-state index contributed by atoms with van der Waals surface area (Å²) in [6, 6.07) is 11.2. The summed E-state index contributed by atoms with van der Waals surface area (Å²) in [4.78, 5) is 16.6. The topological polar surface area (TPSA) is 68.0 Å². The molecule has 1 amide bonds. The first-order chi connectivity index (χ1) is 9.60. The summed E-state index contributed by atoms with van der Waals surface area (Å²) < 4.78 is 0.884. The van der Waals surface area contributed by atoms with Crippen LogP contribution in [0, 0.1) is 0 Å². The van der Waals surface area contributed by atoms with Crippen molar-refractivity contribution in [3.8, 4) is 0 Å². The minimum atomic E-state index is -0.414. The predicted molar refractivity (Wildman–Crippen MR) is 82.3 cm³/mol. The number of carbonyl (C=O) groups excluding carboxylic acids is 1. The van der Waals surface area contributed by atoms with Crippen molar-refractivity contribution in [2.24, 2.45) is 0 Å². The number of nitrogens with two attached hydrogens (primary N) is 1. The Morgan fingerprint density at radius 1 is 1.20 bits per heavy atom. The summed E-state index contributed by atoms with van der Waals surface area (Å²) in [6.45, 7) is 0. The summed E-state index contributed by atoms with van der Waals surface area (Å²) in [5.74, 6) is 0.567. The predicted octanol–water partition coefficient (Wildman–Crippen LogP) is 3.10. The lowest BCUT2D eigenvalue weighted by molar-refractivity contribution is -0.118. The number of nitrogens with one attached hydrogen (secondary N) is 1. The summed E-state index contributed by atoms with van der Waals surface area (Å²) in [6.07, 6.45) is 3.39. The van der Waals surface area contributed by atoms with Crippen LogP contribution >= 0.6 is 15.9 Å². The molecule has 4 nitrogen and oxygen atoms in total. The maximum atomic E-state index is 12.5. The molecule has 3 rings (SSSR count).